The lowest BCUT2D eigenvalue weighted by Crippen LogP contribution is -2.38. The van der Waals surface area contributed by atoms with Crippen LogP contribution in [-0.2, 0) is 14.9 Å². The molecule has 0 saturated heterocycles. The number of hydrogen-bond donors (Lipinski definition) is 1. The zero-order chi connectivity index (χ0) is 19.3. The van der Waals surface area contributed by atoms with E-state index in [-0.39, 0.29) is 5.91 Å². The molecule has 27 heavy (non-hydrogen) atoms. The zero-order valence-electron chi connectivity index (χ0n) is 15.3. The number of nitrogens with one attached hydrogen (secondary N) is 1. The lowest BCUT2D eigenvalue weighted by molar-refractivity contribution is -0.121. The quantitative estimate of drug-likeness (QED) is 0.618. The minimum absolute atomic E-state index is 0.0442. The van der Waals surface area contributed by atoms with Crippen molar-refractivity contribution in [1.29, 1.82) is 0 Å². The van der Waals surface area contributed by atoms with Gasteiger partial charge >= 0.3 is 0 Å². The Labute approximate surface area is 169 Å². The molecule has 0 heterocycles. The number of anilines is 1. The molecule has 4 nitrogen and oxygen atoms in total. The molecule has 1 N–H and O–H groups in total. The second-order valence-corrected chi connectivity index (χ2v) is 7.52. The Balaban J connectivity index is 1.79. The lowest BCUT2D eigenvalue weighted by Gasteiger charge is -2.29. The average molecular weight is 408 g/mol. The summed E-state index contributed by atoms with van der Waals surface area (Å²) in [5.74, 6) is 0.519. The van der Waals surface area contributed by atoms with Crippen LogP contribution < -0.4 is 10.1 Å². The van der Waals surface area contributed by atoms with Crippen molar-refractivity contribution in [2.75, 3.05) is 25.6 Å². The van der Waals surface area contributed by atoms with Gasteiger partial charge in [0.25, 0.3) is 0 Å². The van der Waals surface area contributed by atoms with Crippen molar-refractivity contribution >= 4 is 34.8 Å². The maximum absolute atomic E-state index is 13.2. The second-order valence-electron chi connectivity index (χ2n) is 6.71. The van der Waals surface area contributed by atoms with Gasteiger partial charge in [-0.3, -0.25) is 4.79 Å². The molecule has 0 aromatic heterocycles. The third-order valence-corrected chi connectivity index (χ3v) is 5.64. The molecule has 0 unspecified atom stereocenters. The summed E-state index contributed by atoms with van der Waals surface area (Å²) in [4.78, 5) is 13.2. The third kappa shape index (κ3) is 4.40. The molecule has 0 atom stereocenters. The van der Waals surface area contributed by atoms with Crippen LogP contribution in [-0.4, -0.2) is 26.2 Å². The van der Waals surface area contributed by atoms with Gasteiger partial charge in [0.1, 0.15) is 12.4 Å². The Kier molecular flexibility index (Phi) is 6.64. The van der Waals surface area contributed by atoms with E-state index >= 15 is 0 Å². The van der Waals surface area contributed by atoms with E-state index in [1.165, 1.54) is 0 Å². The van der Waals surface area contributed by atoms with E-state index in [1.807, 2.05) is 24.3 Å². The number of benzene rings is 2. The van der Waals surface area contributed by atoms with Crippen LogP contribution in [0, 0.1) is 0 Å². The summed E-state index contributed by atoms with van der Waals surface area (Å²) < 4.78 is 10.5. The van der Waals surface area contributed by atoms with Crippen molar-refractivity contribution < 1.29 is 14.3 Å². The maximum atomic E-state index is 13.2. The van der Waals surface area contributed by atoms with Gasteiger partial charge in [-0.15, -0.1) is 0 Å². The first-order chi connectivity index (χ1) is 13.1. The summed E-state index contributed by atoms with van der Waals surface area (Å²) in [6.45, 7) is 0.896. The van der Waals surface area contributed by atoms with E-state index < -0.39 is 5.41 Å². The maximum Gasteiger partial charge on any atom is 0.235 e. The number of rotatable bonds is 7. The van der Waals surface area contributed by atoms with Crippen molar-refractivity contribution in [1.82, 2.24) is 0 Å². The summed E-state index contributed by atoms with van der Waals surface area (Å²) in [7, 11) is 1.61. The van der Waals surface area contributed by atoms with Crippen molar-refractivity contribution in [3.05, 3.63) is 58.1 Å². The second kappa shape index (κ2) is 8.96. The fraction of sp³-hybridized carbons (Fsp3) is 0.381. The predicted molar refractivity (Wildman–Crippen MR) is 109 cm³/mol. The normalized spacial score (nSPS) is 15.5. The van der Waals surface area contributed by atoms with Crippen LogP contribution in [0.15, 0.2) is 42.5 Å². The van der Waals surface area contributed by atoms with Crippen molar-refractivity contribution in [3.8, 4) is 5.75 Å². The summed E-state index contributed by atoms with van der Waals surface area (Å²) >= 11 is 12.7. The standard InChI is InChI=1S/C21H23Cl2NO3/c1-26-12-13-27-19-9-8-15(14-18(19)23)24-20(25)21(10-4-5-11-21)16-6-2-3-7-17(16)22/h2-3,6-9,14H,4-5,10-13H2,1H3,(H,24,25). The van der Waals surface area contributed by atoms with Crippen molar-refractivity contribution in [3.63, 3.8) is 0 Å². The molecular formula is C21H23Cl2NO3. The first-order valence-corrected chi connectivity index (χ1v) is 9.80. The van der Waals surface area contributed by atoms with Crippen LogP contribution >= 0.6 is 23.2 Å². The molecule has 1 fully saturated rings. The fourth-order valence-electron chi connectivity index (χ4n) is 3.63. The molecule has 144 valence electrons. The van der Waals surface area contributed by atoms with Gasteiger partial charge in [-0.1, -0.05) is 54.2 Å². The topological polar surface area (TPSA) is 47.6 Å². The number of ether oxygens (including phenoxy) is 2. The van der Waals surface area contributed by atoms with Crippen LogP contribution in [0.5, 0.6) is 5.75 Å². The van der Waals surface area contributed by atoms with E-state index in [0.29, 0.717) is 34.7 Å². The number of carbonyl (C=O) groups is 1. The van der Waals surface area contributed by atoms with E-state index in [4.69, 9.17) is 32.7 Å². The van der Waals surface area contributed by atoms with Gasteiger partial charge in [0, 0.05) is 17.8 Å². The smallest absolute Gasteiger partial charge is 0.235 e. The van der Waals surface area contributed by atoms with Crippen LogP contribution in [0.4, 0.5) is 5.69 Å². The number of hydrogen-bond acceptors (Lipinski definition) is 3. The van der Waals surface area contributed by atoms with Gasteiger partial charge in [-0.2, -0.15) is 0 Å². The number of amides is 1. The fourth-order valence-corrected chi connectivity index (χ4v) is 4.18. The molecule has 6 heteroatoms. The number of methoxy groups -OCH3 is 1. The molecule has 1 aliphatic rings. The molecule has 3 rings (SSSR count). The van der Waals surface area contributed by atoms with Gasteiger partial charge in [0.05, 0.1) is 17.0 Å². The highest BCUT2D eigenvalue weighted by Crippen LogP contribution is 2.44. The Bertz CT molecular complexity index is 804. The third-order valence-electron chi connectivity index (χ3n) is 5.02. The van der Waals surface area contributed by atoms with Gasteiger partial charge < -0.3 is 14.8 Å². The van der Waals surface area contributed by atoms with Gasteiger partial charge in [0.2, 0.25) is 5.91 Å². The van der Waals surface area contributed by atoms with Crippen LogP contribution in [0.3, 0.4) is 0 Å². The molecule has 0 radical (unpaired) electrons. The van der Waals surface area contributed by atoms with Crippen LogP contribution in [0.2, 0.25) is 10.0 Å². The van der Waals surface area contributed by atoms with E-state index in [2.05, 4.69) is 5.32 Å². The van der Waals surface area contributed by atoms with Crippen LogP contribution in [0.1, 0.15) is 31.2 Å². The SMILES string of the molecule is COCCOc1ccc(NC(=O)C2(c3ccccc3Cl)CCCC2)cc1Cl. The zero-order valence-corrected chi connectivity index (χ0v) is 16.8. The first-order valence-electron chi connectivity index (χ1n) is 9.04. The van der Waals surface area contributed by atoms with Gasteiger partial charge in [-0.25, -0.2) is 0 Å². The van der Waals surface area contributed by atoms with Crippen molar-refractivity contribution in [2.24, 2.45) is 0 Å². The highest BCUT2D eigenvalue weighted by molar-refractivity contribution is 6.32. The van der Waals surface area contributed by atoms with Crippen LogP contribution in [0.25, 0.3) is 0 Å². The van der Waals surface area contributed by atoms with E-state index in [0.717, 1.165) is 31.2 Å². The number of carbonyl (C=O) groups excluding carboxylic acids is 1. The Morgan fingerprint density at radius 3 is 2.48 bits per heavy atom. The summed E-state index contributed by atoms with van der Waals surface area (Å²) in [6, 6.07) is 12.9. The Morgan fingerprint density at radius 1 is 1.07 bits per heavy atom. The van der Waals surface area contributed by atoms with Crippen molar-refractivity contribution in [2.45, 2.75) is 31.1 Å². The highest BCUT2D eigenvalue weighted by Gasteiger charge is 2.43. The number of halogens is 2. The van der Waals surface area contributed by atoms with Gasteiger partial charge in [-0.05, 0) is 42.7 Å². The molecule has 1 amide bonds. The molecule has 2 aromatic carbocycles. The Morgan fingerprint density at radius 2 is 1.81 bits per heavy atom. The molecule has 0 spiro atoms. The minimum atomic E-state index is -0.599. The van der Waals surface area contributed by atoms with Gasteiger partial charge in [0.15, 0.2) is 0 Å². The summed E-state index contributed by atoms with van der Waals surface area (Å²) in [5, 5.41) is 4.10. The van der Waals surface area contributed by atoms with E-state index in [9.17, 15) is 4.79 Å². The Hall–Kier alpha value is -1.75. The minimum Gasteiger partial charge on any atom is -0.490 e. The molecule has 0 aliphatic heterocycles. The largest absolute Gasteiger partial charge is 0.490 e. The predicted octanol–water partition coefficient (Wildman–Crippen LogP) is 5.47. The molecular weight excluding hydrogens is 385 g/mol. The van der Waals surface area contributed by atoms with E-state index in [1.54, 1.807) is 25.3 Å². The molecule has 0 bridgehead atoms. The first kappa shape index (κ1) is 20.0. The molecule has 1 aliphatic carbocycles. The summed E-state index contributed by atoms with van der Waals surface area (Å²) in [6.07, 6.45) is 3.58. The highest BCUT2D eigenvalue weighted by atomic mass is 35.5. The average Bonchev–Trinajstić information content (AvgIpc) is 3.15. The molecule has 1 saturated carbocycles. The summed E-state index contributed by atoms with van der Waals surface area (Å²) in [5.41, 5.74) is 0.938. The lowest BCUT2D eigenvalue weighted by atomic mass is 9.78. The monoisotopic (exact) mass is 407 g/mol. The molecule has 2 aromatic rings.